The van der Waals surface area contributed by atoms with Gasteiger partial charge in [-0.2, -0.15) is 4.98 Å². The Kier molecular flexibility index (Phi) is 7.54. The van der Waals surface area contributed by atoms with Crippen molar-refractivity contribution in [1.29, 1.82) is 0 Å². The average molecular weight is 282 g/mol. The maximum Gasteiger partial charge on any atom is 0.239 e. The van der Waals surface area contributed by atoms with Crippen LogP contribution in [0.25, 0.3) is 0 Å². The second-order valence-electron chi connectivity index (χ2n) is 4.77. The molecule has 1 aromatic rings. The first-order chi connectivity index (χ1) is 9.69. The van der Waals surface area contributed by atoms with Crippen molar-refractivity contribution in [2.75, 3.05) is 18.9 Å². The maximum absolute atomic E-state index is 9.78. The van der Waals surface area contributed by atoms with Gasteiger partial charge in [0.2, 0.25) is 11.8 Å². The molecule has 0 aliphatic rings. The highest BCUT2D eigenvalue weighted by molar-refractivity contribution is 5.21. The van der Waals surface area contributed by atoms with Gasteiger partial charge in [0.05, 0.1) is 6.61 Å². The molecule has 3 N–H and O–H groups in total. The van der Waals surface area contributed by atoms with Crippen LogP contribution in [0.4, 0.5) is 5.95 Å². The SMILES string of the molecule is CCCCCCN=c1cc(OCCCC)nc(N)n1O. The summed E-state index contributed by atoms with van der Waals surface area (Å²) < 4.78 is 6.29. The van der Waals surface area contributed by atoms with Crippen LogP contribution >= 0.6 is 0 Å². The van der Waals surface area contributed by atoms with Crippen molar-refractivity contribution in [1.82, 2.24) is 9.71 Å². The van der Waals surface area contributed by atoms with Crippen LogP contribution < -0.4 is 16.0 Å². The predicted octanol–water partition coefficient (Wildman–Crippen LogP) is 2.36. The van der Waals surface area contributed by atoms with Crippen molar-refractivity contribution in [3.8, 4) is 5.88 Å². The minimum Gasteiger partial charge on any atom is -0.477 e. The molecular formula is C14H26N4O2. The van der Waals surface area contributed by atoms with Crippen molar-refractivity contribution in [3.63, 3.8) is 0 Å². The third-order valence-electron chi connectivity index (χ3n) is 2.94. The lowest BCUT2D eigenvalue weighted by Gasteiger charge is -2.07. The molecule has 0 fully saturated rings. The van der Waals surface area contributed by atoms with Crippen LogP contribution in [-0.2, 0) is 0 Å². The highest BCUT2D eigenvalue weighted by Gasteiger charge is 2.04. The molecule has 20 heavy (non-hydrogen) atoms. The van der Waals surface area contributed by atoms with Crippen molar-refractivity contribution in [2.24, 2.45) is 4.99 Å². The van der Waals surface area contributed by atoms with E-state index in [-0.39, 0.29) is 5.95 Å². The number of hydrogen-bond donors (Lipinski definition) is 2. The number of unbranched alkanes of at least 4 members (excludes halogenated alkanes) is 4. The number of hydrogen-bond acceptors (Lipinski definition) is 5. The van der Waals surface area contributed by atoms with Gasteiger partial charge in [0, 0.05) is 12.6 Å². The summed E-state index contributed by atoms with van der Waals surface area (Å²) in [5.41, 5.74) is 6.03. The lowest BCUT2D eigenvalue weighted by Crippen LogP contribution is -2.24. The Morgan fingerprint density at radius 2 is 2.00 bits per heavy atom. The van der Waals surface area contributed by atoms with E-state index in [2.05, 4.69) is 23.8 Å². The molecule has 0 atom stereocenters. The number of nitrogens with zero attached hydrogens (tertiary/aromatic N) is 3. The first-order valence-electron chi connectivity index (χ1n) is 7.41. The highest BCUT2D eigenvalue weighted by Crippen LogP contribution is 2.06. The third kappa shape index (κ3) is 5.50. The molecule has 0 aliphatic heterocycles. The summed E-state index contributed by atoms with van der Waals surface area (Å²) in [4.78, 5) is 8.31. The van der Waals surface area contributed by atoms with Gasteiger partial charge in [0.25, 0.3) is 0 Å². The van der Waals surface area contributed by atoms with Gasteiger partial charge in [-0.3, -0.25) is 4.99 Å². The van der Waals surface area contributed by atoms with E-state index in [1.165, 1.54) is 12.8 Å². The van der Waals surface area contributed by atoms with E-state index in [0.29, 0.717) is 24.5 Å². The topological polar surface area (TPSA) is 85.7 Å². The summed E-state index contributed by atoms with van der Waals surface area (Å²) >= 11 is 0. The van der Waals surface area contributed by atoms with E-state index in [1.807, 2.05) is 0 Å². The zero-order chi connectivity index (χ0) is 14.8. The molecule has 6 nitrogen and oxygen atoms in total. The van der Waals surface area contributed by atoms with E-state index in [4.69, 9.17) is 10.5 Å². The van der Waals surface area contributed by atoms with Crippen LogP contribution in [0.15, 0.2) is 11.1 Å². The number of aromatic nitrogens is 2. The summed E-state index contributed by atoms with van der Waals surface area (Å²) in [5, 5.41) is 9.78. The van der Waals surface area contributed by atoms with Crippen molar-refractivity contribution in [2.45, 2.75) is 52.4 Å². The minimum atomic E-state index is -0.00805. The molecule has 0 aromatic carbocycles. The summed E-state index contributed by atoms with van der Waals surface area (Å²) in [5.74, 6) is 0.403. The zero-order valence-electron chi connectivity index (χ0n) is 12.5. The molecule has 6 heteroatoms. The largest absolute Gasteiger partial charge is 0.477 e. The minimum absolute atomic E-state index is 0.00805. The van der Waals surface area contributed by atoms with Crippen molar-refractivity contribution in [3.05, 3.63) is 11.6 Å². The maximum atomic E-state index is 9.78. The molecule has 1 heterocycles. The van der Waals surface area contributed by atoms with Crippen LogP contribution in [-0.4, -0.2) is 28.1 Å². The fourth-order valence-electron chi connectivity index (χ4n) is 1.72. The molecule has 0 unspecified atom stereocenters. The van der Waals surface area contributed by atoms with Crippen LogP contribution in [0.5, 0.6) is 5.88 Å². The van der Waals surface area contributed by atoms with E-state index in [9.17, 15) is 5.21 Å². The average Bonchev–Trinajstić information content (AvgIpc) is 2.43. The lowest BCUT2D eigenvalue weighted by atomic mass is 10.2. The first kappa shape index (κ1) is 16.3. The number of nitrogen functional groups attached to an aromatic ring is 1. The van der Waals surface area contributed by atoms with Gasteiger partial charge in [-0.25, -0.2) is 0 Å². The number of anilines is 1. The van der Waals surface area contributed by atoms with Crippen LogP contribution in [0.2, 0.25) is 0 Å². The van der Waals surface area contributed by atoms with Gasteiger partial charge in [-0.15, -0.1) is 4.73 Å². The molecule has 114 valence electrons. The molecule has 0 bridgehead atoms. The van der Waals surface area contributed by atoms with Gasteiger partial charge in [-0.1, -0.05) is 39.5 Å². The summed E-state index contributed by atoms with van der Waals surface area (Å²) in [6.45, 7) is 5.52. The van der Waals surface area contributed by atoms with E-state index in [0.717, 1.165) is 30.4 Å². The predicted molar refractivity (Wildman–Crippen MR) is 78.8 cm³/mol. The van der Waals surface area contributed by atoms with Gasteiger partial charge in [0.1, 0.15) is 0 Å². The molecule has 0 saturated carbocycles. The monoisotopic (exact) mass is 282 g/mol. The lowest BCUT2D eigenvalue weighted by molar-refractivity contribution is 0.171. The molecule has 0 amide bonds. The number of rotatable bonds is 9. The van der Waals surface area contributed by atoms with Gasteiger partial charge in [0.15, 0.2) is 5.49 Å². The number of nitrogens with two attached hydrogens (primary N) is 1. The Hall–Kier alpha value is -1.72. The fraction of sp³-hybridized carbons (Fsp3) is 0.714. The second kappa shape index (κ2) is 9.23. The van der Waals surface area contributed by atoms with Gasteiger partial charge in [-0.05, 0) is 12.8 Å². The molecule has 1 rings (SSSR count). The Bertz CT molecular complexity index is 457. The summed E-state index contributed by atoms with van der Waals surface area (Å²) in [6, 6.07) is 1.62. The van der Waals surface area contributed by atoms with Crippen LogP contribution in [0.1, 0.15) is 52.4 Å². The Morgan fingerprint density at radius 1 is 1.25 bits per heavy atom. The molecule has 0 radical (unpaired) electrons. The molecule has 0 spiro atoms. The van der Waals surface area contributed by atoms with Crippen molar-refractivity contribution >= 4 is 5.95 Å². The Balaban J connectivity index is 2.70. The molecule has 0 saturated heterocycles. The van der Waals surface area contributed by atoms with Gasteiger partial charge < -0.3 is 15.7 Å². The Labute approximate surface area is 120 Å². The second-order valence-corrected chi connectivity index (χ2v) is 4.77. The summed E-state index contributed by atoms with van der Waals surface area (Å²) in [7, 11) is 0. The zero-order valence-corrected chi connectivity index (χ0v) is 12.5. The third-order valence-corrected chi connectivity index (χ3v) is 2.94. The van der Waals surface area contributed by atoms with Gasteiger partial charge >= 0.3 is 0 Å². The van der Waals surface area contributed by atoms with E-state index >= 15 is 0 Å². The fourth-order valence-corrected chi connectivity index (χ4v) is 1.72. The van der Waals surface area contributed by atoms with E-state index in [1.54, 1.807) is 6.07 Å². The Morgan fingerprint density at radius 3 is 2.70 bits per heavy atom. The van der Waals surface area contributed by atoms with Crippen LogP contribution in [0.3, 0.4) is 0 Å². The first-order valence-corrected chi connectivity index (χ1v) is 7.41. The highest BCUT2D eigenvalue weighted by atomic mass is 16.5. The number of ether oxygens (including phenoxy) is 1. The van der Waals surface area contributed by atoms with Crippen LogP contribution in [0, 0.1) is 0 Å². The quantitative estimate of drug-likeness (QED) is 0.538. The molecular weight excluding hydrogens is 256 g/mol. The normalized spacial score (nSPS) is 11.8. The van der Waals surface area contributed by atoms with Crippen molar-refractivity contribution < 1.29 is 9.94 Å². The van der Waals surface area contributed by atoms with E-state index < -0.39 is 0 Å². The smallest absolute Gasteiger partial charge is 0.239 e. The molecule has 1 aromatic heterocycles. The standard InChI is InChI=1S/C14H26N4O2/c1-3-5-7-8-9-16-12-11-13(20-10-6-4-2)17-14(15)18(12)19/h11,19H,3-10H2,1-2H3,(H2,15,17). The molecule has 0 aliphatic carbocycles. The summed E-state index contributed by atoms with van der Waals surface area (Å²) in [6.07, 6.45) is 6.56.